The van der Waals surface area contributed by atoms with E-state index < -0.39 is 24.5 Å². The van der Waals surface area contributed by atoms with Crippen LogP contribution in [0.25, 0.3) is 0 Å². The van der Waals surface area contributed by atoms with E-state index in [9.17, 15) is 14.4 Å². The Kier molecular flexibility index (Phi) is 7.80. The van der Waals surface area contributed by atoms with Gasteiger partial charge in [0.15, 0.2) is 18.1 Å². The highest BCUT2D eigenvalue weighted by atomic mass is 16.5. The number of methoxy groups -OCH3 is 1. The van der Waals surface area contributed by atoms with Crippen LogP contribution in [0.4, 0.5) is 10.5 Å². The van der Waals surface area contributed by atoms with E-state index in [1.807, 2.05) is 39.8 Å². The van der Waals surface area contributed by atoms with Gasteiger partial charge in [0.1, 0.15) is 0 Å². The van der Waals surface area contributed by atoms with Crippen molar-refractivity contribution < 1.29 is 28.6 Å². The van der Waals surface area contributed by atoms with E-state index >= 15 is 0 Å². The van der Waals surface area contributed by atoms with Gasteiger partial charge >= 0.3 is 12.0 Å². The summed E-state index contributed by atoms with van der Waals surface area (Å²) >= 11 is 0. The normalized spacial score (nSPS) is 10.3. The number of esters is 1. The smallest absolute Gasteiger partial charge is 0.338 e. The van der Waals surface area contributed by atoms with Crippen molar-refractivity contribution in [1.82, 2.24) is 5.32 Å². The van der Waals surface area contributed by atoms with Crippen LogP contribution in [-0.4, -0.2) is 37.7 Å². The van der Waals surface area contributed by atoms with Crippen LogP contribution in [0, 0.1) is 13.8 Å². The molecule has 30 heavy (non-hydrogen) atoms. The first-order valence-corrected chi connectivity index (χ1v) is 9.39. The number of carbonyl (C=O) groups is 3. The van der Waals surface area contributed by atoms with Crippen molar-refractivity contribution >= 4 is 23.6 Å². The molecule has 0 saturated carbocycles. The standard InChI is InChI=1S/C22H26N2O6/c1-13(2)30-18-9-7-16(11-19(18)28-5)21(26)29-12-20(25)24-22(27)23-17-8-6-14(3)10-15(17)4/h6-11,13H,12H2,1-5H3,(H2,23,24,25,27). The topological polar surface area (TPSA) is 103 Å². The number of nitrogens with one attached hydrogen (secondary N) is 2. The van der Waals surface area contributed by atoms with E-state index in [1.165, 1.54) is 19.2 Å². The van der Waals surface area contributed by atoms with Crippen LogP contribution in [-0.2, 0) is 9.53 Å². The molecule has 0 radical (unpaired) electrons. The fourth-order valence-electron chi connectivity index (χ4n) is 2.63. The summed E-state index contributed by atoms with van der Waals surface area (Å²) in [6.07, 6.45) is -0.0600. The molecule has 0 unspecified atom stereocenters. The average Bonchev–Trinajstić information content (AvgIpc) is 2.68. The van der Waals surface area contributed by atoms with Gasteiger partial charge in [0.05, 0.1) is 18.8 Å². The van der Waals surface area contributed by atoms with E-state index in [0.717, 1.165) is 11.1 Å². The molecule has 0 spiro atoms. The molecule has 2 aromatic carbocycles. The van der Waals surface area contributed by atoms with Gasteiger partial charge in [-0.3, -0.25) is 10.1 Å². The summed E-state index contributed by atoms with van der Waals surface area (Å²) in [5.74, 6) is -0.619. The number of urea groups is 1. The molecule has 0 heterocycles. The number of amides is 3. The zero-order valence-corrected chi connectivity index (χ0v) is 17.7. The van der Waals surface area contributed by atoms with Crippen molar-refractivity contribution in [1.29, 1.82) is 0 Å². The second-order valence-electron chi connectivity index (χ2n) is 6.93. The van der Waals surface area contributed by atoms with Crippen molar-refractivity contribution in [2.45, 2.75) is 33.8 Å². The quantitative estimate of drug-likeness (QED) is 0.671. The Morgan fingerprint density at radius 2 is 1.73 bits per heavy atom. The molecule has 0 bridgehead atoms. The number of benzene rings is 2. The third kappa shape index (κ3) is 6.51. The fraction of sp³-hybridized carbons (Fsp3) is 0.318. The van der Waals surface area contributed by atoms with Crippen LogP contribution in [0.1, 0.15) is 35.3 Å². The van der Waals surface area contributed by atoms with Gasteiger partial charge in [-0.05, 0) is 57.5 Å². The Morgan fingerprint density at radius 1 is 1.00 bits per heavy atom. The summed E-state index contributed by atoms with van der Waals surface area (Å²) < 4.78 is 15.8. The molecule has 8 nitrogen and oxygen atoms in total. The second kappa shape index (κ2) is 10.3. The molecule has 0 aliphatic carbocycles. The van der Waals surface area contributed by atoms with Crippen LogP contribution in [0.5, 0.6) is 11.5 Å². The Labute approximate surface area is 175 Å². The highest BCUT2D eigenvalue weighted by molar-refractivity contribution is 6.02. The Balaban J connectivity index is 1.89. The molecule has 2 aromatic rings. The first-order valence-electron chi connectivity index (χ1n) is 9.39. The number of imide groups is 1. The Morgan fingerprint density at radius 3 is 2.37 bits per heavy atom. The molecule has 0 aliphatic rings. The summed E-state index contributed by atoms with van der Waals surface area (Å²) in [7, 11) is 1.46. The minimum Gasteiger partial charge on any atom is -0.493 e. The van der Waals surface area contributed by atoms with Crippen molar-refractivity contribution in [2.75, 3.05) is 19.0 Å². The molecule has 8 heteroatoms. The summed E-state index contributed by atoms with van der Waals surface area (Å²) in [6.45, 7) is 6.92. The van der Waals surface area contributed by atoms with Crippen molar-refractivity contribution in [3.63, 3.8) is 0 Å². The average molecular weight is 414 g/mol. The van der Waals surface area contributed by atoms with Crippen LogP contribution < -0.4 is 20.1 Å². The lowest BCUT2D eigenvalue weighted by atomic mass is 10.1. The number of aryl methyl sites for hydroxylation is 2. The molecule has 160 valence electrons. The molecule has 0 aromatic heterocycles. The summed E-state index contributed by atoms with van der Waals surface area (Å²) in [5, 5.41) is 4.70. The number of rotatable bonds is 7. The second-order valence-corrected chi connectivity index (χ2v) is 6.93. The summed E-state index contributed by atoms with van der Waals surface area (Å²) in [5.41, 5.74) is 2.69. The van der Waals surface area contributed by atoms with Crippen LogP contribution in [0.3, 0.4) is 0 Å². The molecule has 0 saturated heterocycles. The molecular weight excluding hydrogens is 388 g/mol. The van der Waals surface area contributed by atoms with Crippen LogP contribution in [0.15, 0.2) is 36.4 Å². The van der Waals surface area contributed by atoms with Gasteiger partial charge in [0, 0.05) is 5.69 Å². The van der Waals surface area contributed by atoms with Gasteiger partial charge in [-0.1, -0.05) is 17.7 Å². The molecule has 0 atom stereocenters. The summed E-state index contributed by atoms with van der Waals surface area (Å²) in [4.78, 5) is 36.1. The zero-order valence-electron chi connectivity index (χ0n) is 17.7. The molecule has 2 rings (SSSR count). The number of ether oxygens (including phenoxy) is 3. The van der Waals surface area contributed by atoms with E-state index in [2.05, 4.69) is 10.6 Å². The fourth-order valence-corrected chi connectivity index (χ4v) is 2.63. The molecule has 2 N–H and O–H groups in total. The monoisotopic (exact) mass is 414 g/mol. The van der Waals surface area contributed by atoms with E-state index in [-0.39, 0.29) is 11.7 Å². The highest BCUT2D eigenvalue weighted by Gasteiger charge is 2.16. The lowest BCUT2D eigenvalue weighted by Crippen LogP contribution is -2.37. The molecule has 3 amide bonds. The third-order valence-corrected chi connectivity index (χ3v) is 3.98. The number of carbonyl (C=O) groups excluding carboxylic acids is 3. The lowest BCUT2D eigenvalue weighted by molar-refractivity contribution is -0.123. The minimum absolute atomic E-state index is 0.0600. The van der Waals surface area contributed by atoms with E-state index in [0.29, 0.717) is 17.2 Å². The van der Waals surface area contributed by atoms with Crippen LogP contribution in [0.2, 0.25) is 0 Å². The number of hydrogen-bond donors (Lipinski definition) is 2. The maximum Gasteiger partial charge on any atom is 0.338 e. The predicted octanol–water partition coefficient (Wildman–Crippen LogP) is 3.60. The molecular formula is C22H26N2O6. The number of anilines is 1. The van der Waals surface area contributed by atoms with Crippen molar-refractivity contribution in [2.24, 2.45) is 0 Å². The summed E-state index contributed by atoms with van der Waals surface area (Å²) in [6, 6.07) is 9.35. The largest absolute Gasteiger partial charge is 0.493 e. The highest BCUT2D eigenvalue weighted by Crippen LogP contribution is 2.29. The van der Waals surface area contributed by atoms with Gasteiger partial charge in [0.25, 0.3) is 5.91 Å². The minimum atomic E-state index is -0.752. The van der Waals surface area contributed by atoms with Gasteiger partial charge in [-0.15, -0.1) is 0 Å². The van der Waals surface area contributed by atoms with Gasteiger partial charge < -0.3 is 19.5 Å². The van der Waals surface area contributed by atoms with Crippen LogP contribution >= 0.6 is 0 Å². The Hall–Kier alpha value is -3.55. The SMILES string of the molecule is COc1cc(C(=O)OCC(=O)NC(=O)Nc2ccc(C)cc2C)ccc1OC(C)C. The van der Waals surface area contributed by atoms with E-state index in [1.54, 1.807) is 12.1 Å². The maximum atomic E-state index is 12.2. The number of hydrogen-bond acceptors (Lipinski definition) is 6. The molecule has 0 aliphatic heterocycles. The van der Waals surface area contributed by atoms with Gasteiger partial charge in [-0.25, -0.2) is 9.59 Å². The third-order valence-electron chi connectivity index (χ3n) is 3.98. The predicted molar refractivity (Wildman–Crippen MR) is 112 cm³/mol. The maximum absolute atomic E-state index is 12.2. The first-order chi connectivity index (χ1) is 14.2. The lowest BCUT2D eigenvalue weighted by Gasteiger charge is -2.14. The van der Waals surface area contributed by atoms with Crippen molar-refractivity contribution in [3.05, 3.63) is 53.1 Å². The van der Waals surface area contributed by atoms with Gasteiger partial charge in [0.2, 0.25) is 0 Å². The Bertz CT molecular complexity index is 939. The molecule has 0 fully saturated rings. The van der Waals surface area contributed by atoms with E-state index in [4.69, 9.17) is 14.2 Å². The first kappa shape index (κ1) is 22.7. The van der Waals surface area contributed by atoms with Crippen molar-refractivity contribution in [3.8, 4) is 11.5 Å². The van der Waals surface area contributed by atoms with Gasteiger partial charge in [-0.2, -0.15) is 0 Å². The zero-order chi connectivity index (χ0) is 22.3.